The van der Waals surface area contributed by atoms with Crippen molar-refractivity contribution in [2.45, 2.75) is 90.8 Å². The van der Waals surface area contributed by atoms with E-state index in [0.717, 1.165) is 0 Å². The van der Waals surface area contributed by atoms with Gasteiger partial charge in [0.25, 0.3) is 11.8 Å². The highest BCUT2D eigenvalue weighted by molar-refractivity contribution is 6.01. The van der Waals surface area contributed by atoms with Crippen LogP contribution >= 0.6 is 0 Å². The lowest BCUT2D eigenvalue weighted by atomic mass is 10.1. The Morgan fingerprint density at radius 2 is 1.43 bits per heavy atom. The Kier molecular flexibility index (Phi) is 14.3. The first-order chi connectivity index (χ1) is 17.3. The average molecular weight is 531 g/mol. The largest absolute Gasteiger partial charge is 0.466 e. The van der Waals surface area contributed by atoms with Gasteiger partial charge in [0.15, 0.2) is 0 Å². The lowest BCUT2D eigenvalue weighted by molar-refractivity contribution is -0.197. The van der Waals surface area contributed by atoms with Crippen molar-refractivity contribution in [2.75, 3.05) is 39.6 Å². The van der Waals surface area contributed by atoms with Crippen LogP contribution in [0.3, 0.4) is 0 Å². The number of amides is 3. The normalized spacial score (nSPS) is 14.1. The Morgan fingerprint density at radius 3 is 2.05 bits per heavy atom. The predicted molar refractivity (Wildman–Crippen MR) is 131 cm³/mol. The molecular weight excluding hydrogens is 488 g/mol. The van der Waals surface area contributed by atoms with Crippen LogP contribution < -0.4 is 5.32 Å². The molecule has 1 aliphatic heterocycles. The molecule has 0 aromatic heterocycles. The summed E-state index contributed by atoms with van der Waals surface area (Å²) in [7, 11) is 0. The topological polar surface area (TPSA) is 147 Å². The second-order valence-electron chi connectivity index (χ2n) is 9.92. The minimum Gasteiger partial charge on any atom is -0.466 e. The number of hydroxylamine groups is 2. The van der Waals surface area contributed by atoms with Gasteiger partial charge in [0, 0.05) is 52.2 Å². The quantitative estimate of drug-likeness (QED) is 0.149. The standard InChI is InChI=1S/C25H42N2O10/c1-19(28)34-15-12-25(4,5)36-18-17-33-14-11-24(2,3)35-16-13-26-20(29)7-6-8-23(32)37-27-21(30)9-10-22(27)31/h6-18H2,1-5H3,(H,26,29). The van der Waals surface area contributed by atoms with Crippen LogP contribution in [0.2, 0.25) is 0 Å². The number of rotatable bonds is 19. The molecule has 0 aliphatic carbocycles. The summed E-state index contributed by atoms with van der Waals surface area (Å²) in [6.45, 7) is 11.4. The van der Waals surface area contributed by atoms with E-state index in [1.165, 1.54) is 6.92 Å². The highest BCUT2D eigenvalue weighted by Crippen LogP contribution is 2.16. The lowest BCUT2D eigenvalue weighted by Crippen LogP contribution is -2.33. The summed E-state index contributed by atoms with van der Waals surface area (Å²) in [4.78, 5) is 62.1. The van der Waals surface area contributed by atoms with Gasteiger partial charge in [-0.3, -0.25) is 19.2 Å². The number of nitrogens with one attached hydrogen (secondary N) is 1. The zero-order chi connectivity index (χ0) is 27.9. The number of imide groups is 1. The first kappa shape index (κ1) is 32.5. The van der Waals surface area contributed by atoms with Crippen molar-refractivity contribution in [2.24, 2.45) is 0 Å². The lowest BCUT2D eigenvalue weighted by Gasteiger charge is -2.26. The number of hydrogen-bond acceptors (Lipinski definition) is 10. The molecule has 212 valence electrons. The summed E-state index contributed by atoms with van der Waals surface area (Å²) < 4.78 is 22.2. The monoisotopic (exact) mass is 530 g/mol. The summed E-state index contributed by atoms with van der Waals surface area (Å²) in [5.74, 6) is -2.33. The Labute approximate surface area is 218 Å². The van der Waals surface area contributed by atoms with Gasteiger partial charge in [-0.25, -0.2) is 4.79 Å². The van der Waals surface area contributed by atoms with E-state index in [9.17, 15) is 24.0 Å². The van der Waals surface area contributed by atoms with Crippen LogP contribution in [0.4, 0.5) is 0 Å². The van der Waals surface area contributed by atoms with E-state index >= 15 is 0 Å². The smallest absolute Gasteiger partial charge is 0.333 e. The van der Waals surface area contributed by atoms with Gasteiger partial charge in [-0.05, 0) is 40.5 Å². The highest BCUT2D eigenvalue weighted by atomic mass is 16.7. The SMILES string of the molecule is CC(=O)OCCC(C)(C)OCCOCCC(C)(C)OCCNC(=O)CCCC(=O)ON1C(=O)CCC1=O. The molecule has 1 N–H and O–H groups in total. The fourth-order valence-corrected chi connectivity index (χ4v) is 3.19. The molecule has 1 aliphatic rings. The van der Waals surface area contributed by atoms with Crippen molar-refractivity contribution in [1.29, 1.82) is 0 Å². The Bertz CT molecular complexity index is 765. The predicted octanol–water partition coefficient (Wildman–Crippen LogP) is 1.83. The molecule has 0 radical (unpaired) electrons. The van der Waals surface area contributed by atoms with Gasteiger partial charge >= 0.3 is 11.9 Å². The minimum atomic E-state index is -0.724. The van der Waals surface area contributed by atoms with Gasteiger partial charge < -0.3 is 29.1 Å². The maximum absolute atomic E-state index is 11.9. The van der Waals surface area contributed by atoms with Crippen molar-refractivity contribution in [3.63, 3.8) is 0 Å². The Morgan fingerprint density at radius 1 is 0.838 bits per heavy atom. The van der Waals surface area contributed by atoms with Crippen LogP contribution in [0.1, 0.15) is 79.6 Å². The number of hydrogen-bond donors (Lipinski definition) is 1. The van der Waals surface area contributed by atoms with E-state index in [0.29, 0.717) is 57.5 Å². The van der Waals surface area contributed by atoms with Crippen LogP contribution in [0.5, 0.6) is 0 Å². The van der Waals surface area contributed by atoms with Crippen molar-refractivity contribution >= 4 is 29.7 Å². The van der Waals surface area contributed by atoms with Crippen LogP contribution in [0, 0.1) is 0 Å². The Hall–Kier alpha value is -2.57. The third-order valence-corrected chi connectivity index (χ3v) is 5.48. The first-order valence-electron chi connectivity index (χ1n) is 12.6. The van der Waals surface area contributed by atoms with Gasteiger partial charge in [-0.2, -0.15) is 0 Å². The van der Waals surface area contributed by atoms with E-state index in [1.54, 1.807) is 0 Å². The fourth-order valence-electron chi connectivity index (χ4n) is 3.19. The fraction of sp³-hybridized carbons (Fsp3) is 0.800. The molecule has 0 saturated carbocycles. The summed E-state index contributed by atoms with van der Waals surface area (Å²) in [6.07, 6.45) is 1.59. The molecule has 1 fully saturated rings. The molecule has 1 rings (SSSR count). The molecule has 0 aromatic rings. The molecule has 1 heterocycles. The number of nitrogens with zero attached hydrogens (tertiary/aromatic N) is 1. The van der Waals surface area contributed by atoms with Crippen LogP contribution in [-0.4, -0.2) is 85.5 Å². The van der Waals surface area contributed by atoms with Crippen LogP contribution in [0.25, 0.3) is 0 Å². The highest BCUT2D eigenvalue weighted by Gasteiger charge is 2.32. The van der Waals surface area contributed by atoms with Gasteiger partial charge in [0.2, 0.25) is 5.91 Å². The zero-order valence-corrected chi connectivity index (χ0v) is 22.7. The minimum absolute atomic E-state index is 0.0369. The summed E-state index contributed by atoms with van der Waals surface area (Å²) in [5, 5.41) is 3.22. The van der Waals surface area contributed by atoms with Crippen molar-refractivity contribution in [1.82, 2.24) is 10.4 Å². The molecule has 0 atom stereocenters. The van der Waals surface area contributed by atoms with Gasteiger partial charge in [-0.15, -0.1) is 5.06 Å². The van der Waals surface area contributed by atoms with E-state index in [2.05, 4.69) is 5.32 Å². The maximum atomic E-state index is 11.9. The molecule has 3 amide bonds. The number of ether oxygens (including phenoxy) is 4. The third-order valence-electron chi connectivity index (χ3n) is 5.48. The van der Waals surface area contributed by atoms with Gasteiger partial charge in [0.05, 0.1) is 37.6 Å². The Balaban J connectivity index is 2.05. The number of esters is 1. The molecule has 0 unspecified atom stereocenters. The van der Waals surface area contributed by atoms with Crippen molar-refractivity contribution in [3.8, 4) is 0 Å². The number of carbonyl (C=O) groups excluding carboxylic acids is 5. The maximum Gasteiger partial charge on any atom is 0.333 e. The summed E-state index contributed by atoms with van der Waals surface area (Å²) >= 11 is 0. The molecule has 12 nitrogen and oxygen atoms in total. The van der Waals surface area contributed by atoms with Gasteiger partial charge in [0.1, 0.15) is 0 Å². The van der Waals surface area contributed by atoms with Crippen molar-refractivity contribution in [3.05, 3.63) is 0 Å². The molecule has 1 saturated heterocycles. The molecule has 12 heteroatoms. The van der Waals surface area contributed by atoms with Crippen LogP contribution in [0.15, 0.2) is 0 Å². The van der Waals surface area contributed by atoms with E-state index in [1.807, 2.05) is 27.7 Å². The third kappa shape index (κ3) is 15.3. The zero-order valence-electron chi connectivity index (χ0n) is 22.7. The first-order valence-corrected chi connectivity index (χ1v) is 12.6. The molecule has 0 aromatic carbocycles. The second-order valence-corrected chi connectivity index (χ2v) is 9.92. The average Bonchev–Trinajstić information content (AvgIpc) is 3.10. The van der Waals surface area contributed by atoms with Crippen LogP contribution in [-0.2, 0) is 47.8 Å². The summed E-state index contributed by atoms with van der Waals surface area (Å²) in [6, 6.07) is 0. The van der Waals surface area contributed by atoms with Crippen molar-refractivity contribution < 1.29 is 47.8 Å². The number of carbonyl (C=O) groups is 5. The van der Waals surface area contributed by atoms with Gasteiger partial charge in [-0.1, -0.05) is 0 Å². The van der Waals surface area contributed by atoms with E-state index in [-0.39, 0.29) is 44.0 Å². The molecular formula is C25H42N2O10. The molecule has 37 heavy (non-hydrogen) atoms. The summed E-state index contributed by atoms with van der Waals surface area (Å²) in [5.41, 5.74) is -0.855. The molecule has 0 bridgehead atoms. The van der Waals surface area contributed by atoms with E-state index < -0.39 is 29.0 Å². The van der Waals surface area contributed by atoms with E-state index in [4.69, 9.17) is 23.8 Å². The molecule has 0 spiro atoms. The second kappa shape index (κ2) is 16.3.